The lowest BCUT2D eigenvalue weighted by molar-refractivity contribution is 0.233. The van der Waals surface area contributed by atoms with Crippen LogP contribution in [0.5, 0.6) is 0 Å². The van der Waals surface area contributed by atoms with E-state index in [2.05, 4.69) is 48.5 Å². The van der Waals surface area contributed by atoms with E-state index in [1.54, 1.807) is 0 Å². The van der Waals surface area contributed by atoms with E-state index in [0.717, 1.165) is 48.7 Å². The summed E-state index contributed by atoms with van der Waals surface area (Å²) in [6.07, 6.45) is 4.67. The van der Waals surface area contributed by atoms with E-state index in [1.807, 2.05) is 0 Å². The van der Waals surface area contributed by atoms with Crippen molar-refractivity contribution in [3.05, 3.63) is 0 Å². The van der Waals surface area contributed by atoms with E-state index in [-0.39, 0.29) is 0 Å². The molecule has 0 aliphatic carbocycles. The molecule has 0 aliphatic rings. The van der Waals surface area contributed by atoms with Gasteiger partial charge in [0.05, 0.1) is 0 Å². The molecule has 0 unspecified atom stereocenters. The molecule has 0 amide bonds. The van der Waals surface area contributed by atoms with Gasteiger partial charge >= 0.3 is 8.80 Å². The van der Waals surface area contributed by atoms with Crippen LogP contribution in [-0.4, -0.2) is 30.2 Å². The number of hydrogen-bond donors (Lipinski definition) is 1. The summed E-state index contributed by atoms with van der Waals surface area (Å²) < 4.78 is 13.3. The summed E-state index contributed by atoms with van der Waals surface area (Å²) in [7, 11) is -6.77. The summed E-state index contributed by atoms with van der Waals surface area (Å²) in [4.78, 5) is 11.5. The topological polar surface area (TPSA) is 38.7 Å². The van der Waals surface area contributed by atoms with E-state index in [4.69, 9.17) is 8.23 Å². The second kappa shape index (κ2) is 12.0. The first-order valence-corrected chi connectivity index (χ1v) is 17.5. The average Bonchev–Trinajstić information content (AvgIpc) is 2.62. The van der Waals surface area contributed by atoms with E-state index in [1.165, 1.54) is 19.3 Å². The van der Waals surface area contributed by atoms with Crippen molar-refractivity contribution in [3.8, 4) is 0 Å². The molecule has 0 aromatic heterocycles. The predicted octanol–water partition coefficient (Wildman–Crippen LogP) is 6.54. The third-order valence-electron chi connectivity index (χ3n) is 5.96. The highest BCUT2D eigenvalue weighted by Crippen LogP contribution is 2.33. The maximum atomic E-state index is 11.5. The SMILES string of the molecule is CCCCCC[Si](O)(O[Si](CC)(CC)CC)O[Si](CC)(CC)CC. The third kappa shape index (κ3) is 7.42. The minimum absolute atomic E-state index is 0.760. The Hall–Kier alpha value is 0.531. The minimum atomic E-state index is -3.07. The Balaban J connectivity index is 5.33. The summed E-state index contributed by atoms with van der Waals surface area (Å²) in [6, 6.07) is 7.22. The monoisotopic (exact) mass is 392 g/mol. The lowest BCUT2D eigenvalue weighted by Crippen LogP contribution is -2.58. The number of rotatable bonds is 15. The molecule has 0 radical (unpaired) electrons. The van der Waals surface area contributed by atoms with Crippen molar-refractivity contribution >= 4 is 25.4 Å². The Labute approximate surface area is 155 Å². The molecule has 0 aliphatic heterocycles. The Kier molecular flexibility index (Phi) is 12.3. The normalized spacial score (nSPS) is 13.5. The molecule has 0 spiro atoms. The van der Waals surface area contributed by atoms with E-state index in [9.17, 15) is 4.80 Å². The molecule has 0 rings (SSSR count). The van der Waals surface area contributed by atoms with Crippen LogP contribution in [0.2, 0.25) is 42.3 Å². The van der Waals surface area contributed by atoms with Crippen molar-refractivity contribution < 1.29 is 13.0 Å². The number of unbranched alkanes of at least 4 members (excludes halogenated alkanes) is 3. The summed E-state index contributed by atoms with van der Waals surface area (Å²) in [5.41, 5.74) is 0. The van der Waals surface area contributed by atoms with Gasteiger partial charge in [-0.3, -0.25) is 0 Å². The Morgan fingerprint density at radius 2 is 0.958 bits per heavy atom. The van der Waals surface area contributed by atoms with Crippen LogP contribution in [0.3, 0.4) is 0 Å². The maximum absolute atomic E-state index is 11.5. The molecule has 0 fully saturated rings. The molecule has 0 atom stereocenters. The van der Waals surface area contributed by atoms with Crippen LogP contribution in [0.15, 0.2) is 0 Å². The highest BCUT2D eigenvalue weighted by molar-refractivity contribution is 6.87. The third-order valence-corrected chi connectivity index (χ3v) is 20.7. The van der Waals surface area contributed by atoms with Gasteiger partial charge in [-0.1, -0.05) is 67.7 Å². The lowest BCUT2D eigenvalue weighted by atomic mass is 10.2. The van der Waals surface area contributed by atoms with E-state index >= 15 is 0 Å². The van der Waals surface area contributed by atoms with Crippen LogP contribution in [0, 0.1) is 0 Å². The fourth-order valence-electron chi connectivity index (χ4n) is 3.51. The largest absolute Gasteiger partial charge is 0.477 e. The zero-order chi connectivity index (χ0) is 18.7. The lowest BCUT2D eigenvalue weighted by Gasteiger charge is -2.42. The molecule has 3 nitrogen and oxygen atoms in total. The van der Waals surface area contributed by atoms with Gasteiger partial charge in [0.1, 0.15) is 0 Å². The van der Waals surface area contributed by atoms with Crippen LogP contribution < -0.4 is 0 Å². The van der Waals surface area contributed by atoms with Gasteiger partial charge < -0.3 is 13.0 Å². The fraction of sp³-hybridized carbons (Fsp3) is 1.00. The zero-order valence-electron chi connectivity index (χ0n) is 17.5. The van der Waals surface area contributed by atoms with Crippen molar-refractivity contribution in [1.82, 2.24) is 0 Å². The number of hydrogen-bond acceptors (Lipinski definition) is 3. The minimum Gasteiger partial charge on any atom is -0.416 e. The maximum Gasteiger partial charge on any atom is 0.477 e. The molecule has 6 heteroatoms. The molecule has 0 heterocycles. The fourth-order valence-corrected chi connectivity index (χ4v) is 17.4. The highest BCUT2D eigenvalue weighted by Gasteiger charge is 2.49. The molecular weight excluding hydrogens is 348 g/mol. The first-order chi connectivity index (χ1) is 11.3. The van der Waals surface area contributed by atoms with Crippen molar-refractivity contribution in [2.24, 2.45) is 0 Å². The Morgan fingerprint density at radius 3 is 1.25 bits per heavy atom. The van der Waals surface area contributed by atoms with Crippen molar-refractivity contribution in [3.63, 3.8) is 0 Å². The second-order valence-corrected chi connectivity index (χ2v) is 19.7. The average molecular weight is 393 g/mol. The van der Waals surface area contributed by atoms with Gasteiger partial charge in [0, 0.05) is 6.04 Å². The smallest absolute Gasteiger partial charge is 0.416 e. The molecule has 0 aromatic rings. The first-order valence-electron chi connectivity index (χ1n) is 10.5. The molecular formula is C18H44O3Si3. The molecule has 0 aromatic carbocycles. The van der Waals surface area contributed by atoms with Gasteiger partial charge in [-0.2, -0.15) is 0 Å². The molecule has 1 N–H and O–H groups in total. The van der Waals surface area contributed by atoms with Gasteiger partial charge in [-0.15, -0.1) is 0 Å². The molecule has 0 bridgehead atoms. The van der Waals surface area contributed by atoms with Crippen molar-refractivity contribution in [2.45, 2.75) is 116 Å². The van der Waals surface area contributed by atoms with Gasteiger partial charge in [0.2, 0.25) is 0 Å². The van der Waals surface area contributed by atoms with Crippen LogP contribution >= 0.6 is 0 Å². The van der Waals surface area contributed by atoms with E-state index < -0.39 is 25.4 Å². The molecule has 146 valence electrons. The Morgan fingerprint density at radius 1 is 0.583 bits per heavy atom. The van der Waals surface area contributed by atoms with Crippen LogP contribution in [0.25, 0.3) is 0 Å². The van der Waals surface area contributed by atoms with Crippen molar-refractivity contribution in [1.29, 1.82) is 0 Å². The van der Waals surface area contributed by atoms with Gasteiger partial charge in [0.15, 0.2) is 16.6 Å². The molecule has 0 saturated carbocycles. The second-order valence-electron chi connectivity index (χ2n) is 7.21. The standard InChI is InChI=1S/C18H44O3Si3/c1-8-15-16-17-18-24(19,20-22(9-2,10-3)11-4)21-23(12-5,13-6)14-7/h19H,8-18H2,1-7H3. The summed E-state index contributed by atoms with van der Waals surface area (Å²) in [5.74, 6) is 0. The van der Waals surface area contributed by atoms with Crippen LogP contribution in [-0.2, 0) is 8.23 Å². The highest BCUT2D eigenvalue weighted by atomic mass is 28.5. The quantitative estimate of drug-likeness (QED) is 0.254. The molecule has 0 saturated heterocycles. The zero-order valence-corrected chi connectivity index (χ0v) is 20.5. The first kappa shape index (κ1) is 24.5. The Bertz CT molecular complexity index is 280. The van der Waals surface area contributed by atoms with Crippen LogP contribution in [0.4, 0.5) is 0 Å². The van der Waals surface area contributed by atoms with Gasteiger partial charge in [-0.05, 0) is 42.7 Å². The van der Waals surface area contributed by atoms with Gasteiger partial charge in [0.25, 0.3) is 0 Å². The van der Waals surface area contributed by atoms with Crippen molar-refractivity contribution in [2.75, 3.05) is 0 Å². The molecule has 24 heavy (non-hydrogen) atoms. The summed E-state index contributed by atoms with van der Waals surface area (Å²) >= 11 is 0. The van der Waals surface area contributed by atoms with E-state index in [0.29, 0.717) is 0 Å². The van der Waals surface area contributed by atoms with Gasteiger partial charge in [-0.25, -0.2) is 0 Å². The predicted molar refractivity (Wildman–Crippen MR) is 113 cm³/mol. The summed E-state index contributed by atoms with van der Waals surface area (Å²) in [5, 5.41) is 0. The van der Waals surface area contributed by atoms with Crippen LogP contribution in [0.1, 0.15) is 74.1 Å². The summed E-state index contributed by atoms with van der Waals surface area (Å²) in [6.45, 7) is 15.6.